The summed E-state index contributed by atoms with van der Waals surface area (Å²) in [5.41, 5.74) is 1.08. The Labute approximate surface area is 122 Å². The molecule has 1 aliphatic heterocycles. The molecule has 2 rings (SSSR count). The van der Waals surface area contributed by atoms with E-state index in [9.17, 15) is 4.39 Å². The number of nitrogens with one attached hydrogen (secondary N) is 1. The summed E-state index contributed by atoms with van der Waals surface area (Å²) < 4.78 is 13.4. The highest BCUT2D eigenvalue weighted by Crippen LogP contribution is 2.23. The highest BCUT2D eigenvalue weighted by Gasteiger charge is 2.21. The molecule has 1 aliphatic rings. The van der Waals surface area contributed by atoms with Crippen LogP contribution in [0.4, 0.5) is 4.39 Å². The predicted octanol–water partition coefficient (Wildman–Crippen LogP) is 3.74. The second-order valence-corrected chi connectivity index (χ2v) is 6.02. The molecule has 112 valence electrons. The first-order chi connectivity index (χ1) is 9.60. The molecule has 3 heteroatoms. The van der Waals surface area contributed by atoms with Crippen molar-refractivity contribution >= 4 is 0 Å². The average molecular weight is 278 g/mol. The van der Waals surface area contributed by atoms with Gasteiger partial charge in [-0.2, -0.15) is 0 Å². The molecular weight excluding hydrogens is 251 g/mol. The quantitative estimate of drug-likeness (QED) is 0.906. The van der Waals surface area contributed by atoms with Crippen LogP contribution in [0.15, 0.2) is 24.3 Å². The van der Waals surface area contributed by atoms with Gasteiger partial charge < -0.3 is 5.32 Å². The largest absolute Gasteiger partial charge is 0.311 e. The Morgan fingerprint density at radius 3 is 2.80 bits per heavy atom. The van der Waals surface area contributed by atoms with E-state index in [1.165, 1.54) is 18.9 Å². The van der Waals surface area contributed by atoms with Crippen molar-refractivity contribution in [2.75, 3.05) is 13.1 Å². The summed E-state index contributed by atoms with van der Waals surface area (Å²) in [6.07, 6.45) is 3.49. The summed E-state index contributed by atoms with van der Waals surface area (Å²) in [5, 5.41) is 3.69. The van der Waals surface area contributed by atoms with Crippen molar-refractivity contribution in [3.63, 3.8) is 0 Å². The molecule has 0 bridgehead atoms. The minimum Gasteiger partial charge on any atom is -0.311 e. The Morgan fingerprint density at radius 2 is 2.10 bits per heavy atom. The summed E-state index contributed by atoms with van der Waals surface area (Å²) in [4.78, 5) is 2.49. The first kappa shape index (κ1) is 15.5. The lowest BCUT2D eigenvalue weighted by atomic mass is 10.0. The van der Waals surface area contributed by atoms with Crippen molar-refractivity contribution in [2.24, 2.45) is 0 Å². The van der Waals surface area contributed by atoms with Crippen LogP contribution in [-0.2, 0) is 0 Å². The number of rotatable bonds is 3. The Bertz CT molecular complexity index is 421. The lowest BCUT2D eigenvalue weighted by Gasteiger charge is -2.35. The van der Waals surface area contributed by atoms with Crippen LogP contribution < -0.4 is 5.32 Å². The van der Waals surface area contributed by atoms with Crippen LogP contribution in [-0.4, -0.2) is 30.1 Å². The standard InChI is InChI=1S/C17H27FN2/c1-4-17-9-11-20(10-8-13(2)19-17)14(3)15-6-5-7-16(18)12-15/h5-7,12-14,17,19H,4,8-11H2,1-3H3. The maximum absolute atomic E-state index is 13.4. The molecular formula is C17H27FN2. The van der Waals surface area contributed by atoms with Crippen molar-refractivity contribution in [1.82, 2.24) is 10.2 Å². The van der Waals surface area contributed by atoms with Crippen molar-refractivity contribution in [1.29, 1.82) is 0 Å². The zero-order chi connectivity index (χ0) is 14.5. The van der Waals surface area contributed by atoms with Crippen LogP contribution >= 0.6 is 0 Å². The fourth-order valence-electron chi connectivity index (χ4n) is 3.05. The zero-order valence-electron chi connectivity index (χ0n) is 12.9. The zero-order valence-corrected chi connectivity index (χ0v) is 12.9. The van der Waals surface area contributed by atoms with Crippen LogP contribution in [0.2, 0.25) is 0 Å². The van der Waals surface area contributed by atoms with Gasteiger partial charge in [0.2, 0.25) is 0 Å². The molecule has 1 N–H and O–H groups in total. The van der Waals surface area contributed by atoms with E-state index in [1.54, 1.807) is 6.07 Å². The summed E-state index contributed by atoms with van der Waals surface area (Å²) in [6.45, 7) is 8.85. The van der Waals surface area contributed by atoms with Gasteiger partial charge in [0.1, 0.15) is 5.82 Å². The normalized spacial score (nSPS) is 26.8. The first-order valence-corrected chi connectivity index (χ1v) is 7.85. The van der Waals surface area contributed by atoms with Gasteiger partial charge in [-0.05, 0) is 50.8 Å². The lowest BCUT2D eigenvalue weighted by Crippen LogP contribution is -2.44. The Balaban J connectivity index is 2.06. The average Bonchev–Trinajstić information content (AvgIpc) is 2.42. The highest BCUT2D eigenvalue weighted by atomic mass is 19.1. The van der Waals surface area contributed by atoms with E-state index in [2.05, 4.69) is 31.0 Å². The van der Waals surface area contributed by atoms with Crippen LogP contribution in [0, 0.1) is 5.82 Å². The Hall–Kier alpha value is -0.930. The summed E-state index contributed by atoms with van der Waals surface area (Å²) in [6, 6.07) is 8.48. The van der Waals surface area contributed by atoms with Gasteiger partial charge in [0.25, 0.3) is 0 Å². The molecule has 2 nitrogen and oxygen atoms in total. The van der Waals surface area contributed by atoms with Crippen LogP contribution in [0.1, 0.15) is 51.6 Å². The molecule has 20 heavy (non-hydrogen) atoms. The number of hydrogen-bond acceptors (Lipinski definition) is 2. The first-order valence-electron chi connectivity index (χ1n) is 7.85. The smallest absolute Gasteiger partial charge is 0.123 e. The van der Waals surface area contributed by atoms with Gasteiger partial charge in [-0.25, -0.2) is 4.39 Å². The molecule has 1 aromatic carbocycles. The van der Waals surface area contributed by atoms with Gasteiger partial charge in [0, 0.05) is 31.2 Å². The second kappa shape index (κ2) is 7.19. The summed E-state index contributed by atoms with van der Waals surface area (Å²) in [7, 11) is 0. The molecule has 0 radical (unpaired) electrons. The topological polar surface area (TPSA) is 15.3 Å². The van der Waals surface area contributed by atoms with Gasteiger partial charge in [-0.3, -0.25) is 4.90 Å². The molecule has 1 aromatic rings. The van der Waals surface area contributed by atoms with Gasteiger partial charge in [0.15, 0.2) is 0 Å². The van der Waals surface area contributed by atoms with E-state index in [1.807, 2.05) is 12.1 Å². The van der Waals surface area contributed by atoms with E-state index in [0.717, 1.165) is 25.1 Å². The number of hydrogen-bond donors (Lipinski definition) is 1. The third-order valence-corrected chi connectivity index (χ3v) is 4.51. The van der Waals surface area contributed by atoms with Crippen LogP contribution in [0.3, 0.4) is 0 Å². The third-order valence-electron chi connectivity index (χ3n) is 4.51. The number of halogens is 1. The van der Waals surface area contributed by atoms with Crippen molar-refractivity contribution in [3.8, 4) is 0 Å². The van der Waals surface area contributed by atoms with Gasteiger partial charge in [-0.15, -0.1) is 0 Å². The van der Waals surface area contributed by atoms with E-state index >= 15 is 0 Å². The molecule has 0 spiro atoms. The SMILES string of the molecule is CCC1CCN(C(C)c2cccc(F)c2)CCC(C)N1. The van der Waals surface area contributed by atoms with Gasteiger partial charge >= 0.3 is 0 Å². The van der Waals surface area contributed by atoms with Gasteiger partial charge in [0.05, 0.1) is 0 Å². The molecule has 1 fully saturated rings. The summed E-state index contributed by atoms with van der Waals surface area (Å²) >= 11 is 0. The van der Waals surface area contributed by atoms with E-state index in [-0.39, 0.29) is 11.9 Å². The highest BCUT2D eigenvalue weighted by molar-refractivity contribution is 5.19. The maximum Gasteiger partial charge on any atom is 0.123 e. The third kappa shape index (κ3) is 4.03. The van der Waals surface area contributed by atoms with Crippen molar-refractivity contribution in [2.45, 2.75) is 58.2 Å². The van der Waals surface area contributed by atoms with Crippen LogP contribution in [0.5, 0.6) is 0 Å². The van der Waals surface area contributed by atoms with E-state index in [4.69, 9.17) is 0 Å². The minimum atomic E-state index is -0.136. The Kier molecular flexibility index (Phi) is 5.55. The van der Waals surface area contributed by atoms with Crippen molar-refractivity contribution < 1.29 is 4.39 Å². The molecule has 0 amide bonds. The molecule has 3 atom stereocenters. The maximum atomic E-state index is 13.4. The molecule has 0 saturated carbocycles. The molecule has 3 unspecified atom stereocenters. The number of benzene rings is 1. The molecule has 0 aliphatic carbocycles. The number of nitrogens with zero attached hydrogens (tertiary/aromatic N) is 1. The molecule has 0 aromatic heterocycles. The molecule has 1 saturated heterocycles. The monoisotopic (exact) mass is 278 g/mol. The Morgan fingerprint density at radius 1 is 1.35 bits per heavy atom. The van der Waals surface area contributed by atoms with Gasteiger partial charge in [-0.1, -0.05) is 19.1 Å². The van der Waals surface area contributed by atoms with E-state index < -0.39 is 0 Å². The van der Waals surface area contributed by atoms with Crippen molar-refractivity contribution in [3.05, 3.63) is 35.6 Å². The van der Waals surface area contributed by atoms with E-state index in [0.29, 0.717) is 12.1 Å². The summed E-state index contributed by atoms with van der Waals surface area (Å²) in [5.74, 6) is -0.136. The second-order valence-electron chi connectivity index (χ2n) is 6.02. The lowest BCUT2D eigenvalue weighted by molar-refractivity contribution is 0.168. The van der Waals surface area contributed by atoms with Crippen LogP contribution in [0.25, 0.3) is 0 Å². The molecule has 1 heterocycles. The fourth-order valence-corrected chi connectivity index (χ4v) is 3.05. The predicted molar refractivity (Wildman–Crippen MR) is 82.3 cm³/mol. The fraction of sp³-hybridized carbons (Fsp3) is 0.647. The minimum absolute atomic E-state index is 0.136.